The smallest absolute Gasteiger partial charge is 0.246 e. The van der Waals surface area contributed by atoms with Gasteiger partial charge in [-0.25, -0.2) is 0 Å². The molecule has 9 amide bonds. The Morgan fingerprint density at radius 2 is 1.08 bits per heavy atom. The van der Waals surface area contributed by atoms with Gasteiger partial charge in [-0.2, -0.15) is 0 Å². The molecule has 4 rings (SSSR count). The molecule has 4 aromatic rings. The molecule has 83 heavy (non-hydrogen) atoms. The molecule has 0 bridgehead atoms. The van der Waals surface area contributed by atoms with Crippen molar-refractivity contribution in [3.63, 3.8) is 0 Å². The third-order valence-electron chi connectivity index (χ3n) is 14.6. The molecule has 0 aliphatic rings. The minimum Gasteiger partial charge on any atom is -0.358 e. The fraction of sp³-hybridized carbons (Fsp3) is 0.525. The molecule has 6 atom stereocenters. The molecule has 0 saturated carbocycles. The molecule has 14 N–H and O–H groups in total. The first-order valence-corrected chi connectivity index (χ1v) is 28.8. The summed E-state index contributed by atoms with van der Waals surface area (Å²) in [7, 11) is 0. The minimum atomic E-state index is -1.62. The number of H-pyrrole nitrogens is 1. The molecule has 0 radical (unpaired) electrons. The van der Waals surface area contributed by atoms with Crippen molar-refractivity contribution in [3.8, 4) is 0 Å². The molecule has 1 aromatic heterocycles. The quantitative estimate of drug-likeness (QED) is 0.0294. The van der Waals surface area contributed by atoms with Crippen molar-refractivity contribution in [3.05, 3.63) is 108 Å². The lowest BCUT2D eigenvalue weighted by atomic mass is 9.95. The lowest BCUT2D eigenvalue weighted by molar-refractivity contribution is -0.139. The molecule has 0 spiro atoms. The van der Waals surface area contributed by atoms with Gasteiger partial charge in [0.15, 0.2) is 0 Å². The molecule has 0 aliphatic heterocycles. The third kappa shape index (κ3) is 21.9. The summed E-state index contributed by atoms with van der Waals surface area (Å²) in [6.45, 7) is 18.0. The highest BCUT2D eigenvalue weighted by molar-refractivity contribution is 6.00. The zero-order chi connectivity index (χ0) is 61.4. The van der Waals surface area contributed by atoms with Gasteiger partial charge in [0.25, 0.3) is 0 Å². The van der Waals surface area contributed by atoms with Crippen LogP contribution in [0.15, 0.2) is 91.0 Å². The molecule has 0 saturated heterocycles. The Morgan fingerprint density at radius 1 is 0.542 bits per heavy atom. The zero-order valence-electron chi connectivity index (χ0n) is 50.1. The van der Waals surface area contributed by atoms with Crippen molar-refractivity contribution in [1.82, 2.24) is 63.5 Å². The van der Waals surface area contributed by atoms with E-state index < -0.39 is 100.0 Å². The van der Waals surface area contributed by atoms with Gasteiger partial charge in [-0.3, -0.25) is 43.2 Å². The van der Waals surface area contributed by atoms with Crippen LogP contribution in [0.2, 0.25) is 0 Å². The van der Waals surface area contributed by atoms with E-state index in [0.29, 0.717) is 25.2 Å². The molecule has 22 heteroatoms. The van der Waals surface area contributed by atoms with Crippen LogP contribution in [0.5, 0.6) is 0 Å². The summed E-state index contributed by atoms with van der Waals surface area (Å²) in [5.74, 6) is -5.79. The number of aromatic nitrogens is 1. The number of nitrogens with one attached hydrogen (secondary N) is 12. The van der Waals surface area contributed by atoms with E-state index in [4.69, 9.17) is 5.73 Å². The van der Waals surface area contributed by atoms with Crippen molar-refractivity contribution in [2.45, 2.75) is 167 Å². The number of nitrogens with two attached hydrogens (primary N) is 1. The number of hydrogen-bond donors (Lipinski definition) is 13. The topological polar surface area (TPSA) is 328 Å². The predicted octanol–water partition coefficient (Wildman–Crippen LogP) is 1.96. The Labute approximate surface area is 488 Å². The van der Waals surface area contributed by atoms with Crippen molar-refractivity contribution in [1.29, 1.82) is 0 Å². The fourth-order valence-electron chi connectivity index (χ4n) is 8.87. The maximum Gasteiger partial charge on any atom is 0.246 e. The van der Waals surface area contributed by atoms with Crippen LogP contribution >= 0.6 is 0 Å². The van der Waals surface area contributed by atoms with E-state index in [1.54, 1.807) is 45.0 Å². The first kappa shape index (κ1) is 67.8. The molecule has 22 nitrogen and oxygen atoms in total. The van der Waals surface area contributed by atoms with E-state index in [1.807, 2.05) is 66.7 Å². The lowest BCUT2D eigenvalue weighted by Crippen LogP contribution is -2.66. The summed E-state index contributed by atoms with van der Waals surface area (Å²) in [6, 6.07) is 24.5. The first-order valence-electron chi connectivity index (χ1n) is 28.8. The van der Waals surface area contributed by atoms with E-state index in [2.05, 4.69) is 63.5 Å². The van der Waals surface area contributed by atoms with Gasteiger partial charge >= 0.3 is 0 Å². The van der Waals surface area contributed by atoms with Crippen LogP contribution in [0.4, 0.5) is 0 Å². The summed E-state index contributed by atoms with van der Waals surface area (Å²) in [4.78, 5) is 126. The Morgan fingerprint density at radius 3 is 1.70 bits per heavy atom. The van der Waals surface area contributed by atoms with Gasteiger partial charge in [0.2, 0.25) is 53.2 Å². The Kier molecular flexibility index (Phi) is 26.3. The Balaban J connectivity index is 1.39. The second kappa shape index (κ2) is 32.2. The maximum absolute atomic E-state index is 14.5. The number of para-hydroxylation sites is 1. The van der Waals surface area contributed by atoms with Gasteiger partial charge < -0.3 is 69.2 Å². The number of aromatic amines is 1. The average molecular weight is 1150 g/mol. The van der Waals surface area contributed by atoms with Crippen molar-refractivity contribution < 1.29 is 43.2 Å². The van der Waals surface area contributed by atoms with E-state index >= 15 is 0 Å². The number of benzene rings is 3. The van der Waals surface area contributed by atoms with Gasteiger partial charge in [0.05, 0.1) is 6.54 Å². The molecular weight excluding hydrogens is 1060 g/mol. The monoisotopic (exact) mass is 1150 g/mol. The largest absolute Gasteiger partial charge is 0.358 e. The molecule has 0 aliphatic carbocycles. The number of rotatable bonds is 35. The maximum atomic E-state index is 14.5. The number of carbonyl (C=O) groups excluding carboxylic acids is 9. The van der Waals surface area contributed by atoms with Gasteiger partial charge in [0.1, 0.15) is 40.3 Å². The van der Waals surface area contributed by atoms with Crippen LogP contribution in [0.3, 0.4) is 0 Å². The predicted molar refractivity (Wildman–Crippen MR) is 321 cm³/mol. The highest BCUT2D eigenvalue weighted by Crippen LogP contribution is 2.19. The normalized spacial score (nSPS) is 14.4. The zero-order valence-corrected chi connectivity index (χ0v) is 50.1. The van der Waals surface area contributed by atoms with E-state index in [0.717, 1.165) is 60.9 Å². The number of carbonyl (C=O) groups is 9. The lowest BCUT2D eigenvalue weighted by Gasteiger charge is -2.34. The molecular formula is C61H91N13O9. The third-order valence-corrected chi connectivity index (χ3v) is 14.6. The van der Waals surface area contributed by atoms with Gasteiger partial charge in [-0.05, 0) is 142 Å². The highest BCUT2D eigenvalue weighted by Gasteiger charge is 2.41. The van der Waals surface area contributed by atoms with Crippen LogP contribution in [0, 0.1) is 0 Å². The average Bonchev–Trinajstić information content (AvgIpc) is 3.89. The van der Waals surface area contributed by atoms with Gasteiger partial charge in [0, 0.05) is 43.6 Å². The molecule has 3 aromatic carbocycles. The standard InChI is InChI=1S/C61H91N13O9/c1-11-60(9,72-51(77)40(3)66-54(80)58(5,6)74-55(81)59(7,8)71-52(78)48(67-41(4)75)35-43-26-17-14-18-27-43)56(82)65-39-50(76)70-49(37-45-36-44-28-19-20-29-47(44)68-45)53(79)73-61(10,12-2)57(83)69-46(34-42-24-15-13-16-25-42)38-64-33-23-32-63-31-22-21-30-62/h13-20,24-29,36,40,46,48-49,63-64,68H,11-12,21-23,30-35,37-39,62H2,1-10H3,(H,65,82)(H,66,80)(H,67,75)(H,69,83)(H,70,76)(H,71,78)(H,72,77)(H,73,79)(H,74,81). The number of hydrogen-bond acceptors (Lipinski definition) is 12. The van der Waals surface area contributed by atoms with Crippen LogP contribution in [0.1, 0.15) is 118 Å². The molecule has 1 heterocycles. The minimum absolute atomic E-state index is 0.000733. The number of amides is 9. The van der Waals surface area contributed by atoms with Crippen molar-refractivity contribution >= 4 is 64.1 Å². The van der Waals surface area contributed by atoms with Crippen molar-refractivity contribution in [2.24, 2.45) is 5.73 Å². The summed E-state index contributed by atoms with van der Waals surface area (Å²) in [6.07, 6.45) is 3.85. The molecule has 0 fully saturated rings. The summed E-state index contributed by atoms with van der Waals surface area (Å²) < 4.78 is 0. The van der Waals surface area contributed by atoms with Crippen molar-refractivity contribution in [2.75, 3.05) is 39.3 Å². The van der Waals surface area contributed by atoms with E-state index in [-0.39, 0.29) is 31.7 Å². The highest BCUT2D eigenvalue weighted by atomic mass is 16.2. The number of unbranched alkanes of at least 4 members (excludes halogenated alkanes) is 1. The summed E-state index contributed by atoms with van der Waals surface area (Å²) >= 11 is 0. The SMILES string of the molecule is CCC(C)(NC(=O)C(C)NC(=O)C(C)(C)NC(=O)C(C)(C)NC(=O)C(Cc1ccccc1)NC(C)=O)C(=O)NCC(=O)NC(Cc1cc2ccccc2[nH]1)C(=O)NC(C)(CC)C(=O)NC(CNCCCNCCCCN)Cc1ccccc1. The second-order valence-corrected chi connectivity index (χ2v) is 22.7. The summed E-state index contributed by atoms with van der Waals surface area (Å²) in [5.41, 5.74) is 2.69. The van der Waals surface area contributed by atoms with Crippen LogP contribution in [0.25, 0.3) is 10.9 Å². The Bertz CT molecular complexity index is 2780. The fourth-order valence-corrected chi connectivity index (χ4v) is 8.87. The van der Waals surface area contributed by atoms with E-state index in [9.17, 15) is 43.2 Å². The second-order valence-electron chi connectivity index (χ2n) is 22.7. The summed E-state index contributed by atoms with van der Waals surface area (Å²) in [5, 5.41) is 32.4. The van der Waals surface area contributed by atoms with Crippen LogP contribution in [-0.2, 0) is 62.4 Å². The van der Waals surface area contributed by atoms with Gasteiger partial charge in [-0.15, -0.1) is 0 Å². The van der Waals surface area contributed by atoms with E-state index in [1.165, 1.54) is 48.5 Å². The van der Waals surface area contributed by atoms with Gasteiger partial charge in [-0.1, -0.05) is 92.7 Å². The number of fused-ring (bicyclic) bond motifs is 1. The van der Waals surface area contributed by atoms with Crippen LogP contribution < -0.4 is 64.2 Å². The first-order chi connectivity index (χ1) is 39.2. The van der Waals surface area contributed by atoms with Crippen LogP contribution in [-0.4, -0.2) is 144 Å². The Hall–Kier alpha value is -7.69. The molecule has 6 unspecified atom stereocenters. The molecule has 454 valence electrons.